The molecule has 18 heavy (non-hydrogen) atoms. The third-order valence-electron chi connectivity index (χ3n) is 2.93. The lowest BCUT2D eigenvalue weighted by molar-refractivity contribution is -0.0725. The highest BCUT2D eigenvalue weighted by Crippen LogP contribution is 2.16. The number of aromatic nitrogens is 1. The van der Waals surface area contributed by atoms with E-state index in [1.807, 2.05) is 49.9 Å². The Hall–Kier alpha value is -1.62. The molecule has 0 aliphatic carbocycles. The van der Waals surface area contributed by atoms with Gasteiger partial charge in [-0.15, -0.1) is 0 Å². The standard InChI is InChI=1S/C13H19N3O2/c1-13(2)10-16(8-9-18-13)12(17)14-11-6-4-5-7-15(11)3/h4-7H,8-10H2,1-3H3/b14-11+. The van der Waals surface area contributed by atoms with Crippen LogP contribution in [0.5, 0.6) is 0 Å². The number of hydrogen-bond acceptors (Lipinski definition) is 2. The number of amides is 2. The van der Waals surface area contributed by atoms with Gasteiger partial charge in [-0.2, -0.15) is 4.99 Å². The van der Waals surface area contributed by atoms with Gasteiger partial charge in [-0.3, -0.25) is 0 Å². The third-order valence-corrected chi connectivity index (χ3v) is 2.93. The molecule has 1 aliphatic rings. The minimum absolute atomic E-state index is 0.201. The van der Waals surface area contributed by atoms with Gasteiger partial charge < -0.3 is 14.2 Å². The van der Waals surface area contributed by atoms with Gasteiger partial charge in [0.15, 0.2) is 0 Å². The molecule has 1 aromatic heterocycles. The summed E-state index contributed by atoms with van der Waals surface area (Å²) in [6, 6.07) is 5.40. The van der Waals surface area contributed by atoms with Crippen LogP contribution in [-0.2, 0) is 11.8 Å². The molecule has 0 unspecified atom stereocenters. The zero-order valence-electron chi connectivity index (χ0n) is 11.1. The predicted octanol–water partition coefficient (Wildman–Crippen LogP) is 1.16. The zero-order valence-corrected chi connectivity index (χ0v) is 11.1. The van der Waals surface area contributed by atoms with Gasteiger partial charge in [0.1, 0.15) is 5.49 Å². The average molecular weight is 249 g/mol. The molecule has 5 heteroatoms. The van der Waals surface area contributed by atoms with Crippen LogP contribution in [0.4, 0.5) is 4.79 Å². The topological polar surface area (TPSA) is 46.8 Å². The number of hydrogen-bond donors (Lipinski definition) is 0. The summed E-state index contributed by atoms with van der Waals surface area (Å²) < 4.78 is 7.40. The molecule has 2 amide bonds. The van der Waals surface area contributed by atoms with Gasteiger partial charge in [0, 0.05) is 19.8 Å². The number of morpholine rings is 1. The number of aryl methyl sites for hydroxylation is 1. The number of rotatable bonds is 0. The second-order valence-electron chi connectivity index (χ2n) is 5.09. The summed E-state index contributed by atoms with van der Waals surface area (Å²) in [4.78, 5) is 18.0. The maximum Gasteiger partial charge on any atom is 0.345 e. The highest BCUT2D eigenvalue weighted by atomic mass is 16.5. The normalized spacial score (nSPS) is 19.9. The Bertz CT molecular complexity index is 505. The van der Waals surface area contributed by atoms with Gasteiger partial charge in [-0.05, 0) is 26.0 Å². The molecule has 1 saturated heterocycles. The van der Waals surface area contributed by atoms with Crippen LogP contribution in [0.2, 0.25) is 0 Å². The van der Waals surface area contributed by atoms with E-state index >= 15 is 0 Å². The van der Waals surface area contributed by atoms with Crippen molar-refractivity contribution < 1.29 is 9.53 Å². The molecular formula is C13H19N3O2. The minimum atomic E-state index is -0.289. The first-order valence-corrected chi connectivity index (χ1v) is 6.07. The molecule has 5 nitrogen and oxygen atoms in total. The van der Waals surface area contributed by atoms with Crippen molar-refractivity contribution in [2.45, 2.75) is 19.4 Å². The van der Waals surface area contributed by atoms with Crippen molar-refractivity contribution >= 4 is 6.03 Å². The summed E-state index contributed by atoms with van der Waals surface area (Å²) in [6.45, 7) is 5.70. The van der Waals surface area contributed by atoms with E-state index in [0.29, 0.717) is 25.2 Å². The summed E-state index contributed by atoms with van der Waals surface area (Å²) in [7, 11) is 1.87. The second-order valence-corrected chi connectivity index (χ2v) is 5.09. The molecule has 2 rings (SSSR count). The quantitative estimate of drug-likeness (QED) is 0.692. The van der Waals surface area contributed by atoms with Gasteiger partial charge in [-0.25, -0.2) is 4.79 Å². The molecule has 0 saturated carbocycles. The van der Waals surface area contributed by atoms with Crippen LogP contribution in [0, 0.1) is 0 Å². The first-order valence-electron chi connectivity index (χ1n) is 6.07. The predicted molar refractivity (Wildman–Crippen MR) is 68.0 cm³/mol. The summed E-state index contributed by atoms with van der Waals surface area (Å²) in [5.41, 5.74) is 0.370. The first kappa shape index (κ1) is 12.8. The number of pyridine rings is 1. The summed E-state index contributed by atoms with van der Waals surface area (Å²) in [5, 5.41) is 0. The van der Waals surface area contributed by atoms with E-state index in [9.17, 15) is 4.79 Å². The van der Waals surface area contributed by atoms with Crippen LogP contribution in [0.1, 0.15) is 13.8 Å². The van der Waals surface area contributed by atoms with Gasteiger partial charge in [-0.1, -0.05) is 6.07 Å². The molecule has 0 N–H and O–H groups in total. The smallest absolute Gasteiger partial charge is 0.345 e. The summed E-state index contributed by atoms with van der Waals surface area (Å²) >= 11 is 0. The van der Waals surface area contributed by atoms with Crippen LogP contribution in [-0.4, -0.2) is 40.8 Å². The van der Waals surface area contributed by atoms with Crippen molar-refractivity contribution in [2.24, 2.45) is 12.0 Å². The van der Waals surface area contributed by atoms with Crippen molar-refractivity contribution in [2.75, 3.05) is 19.7 Å². The number of ether oxygens (including phenoxy) is 1. The van der Waals surface area contributed by atoms with E-state index in [2.05, 4.69) is 4.99 Å². The molecule has 0 atom stereocenters. The molecule has 0 radical (unpaired) electrons. The van der Waals surface area contributed by atoms with Crippen molar-refractivity contribution in [1.29, 1.82) is 0 Å². The number of urea groups is 1. The molecule has 0 spiro atoms. The van der Waals surface area contributed by atoms with E-state index < -0.39 is 0 Å². The fourth-order valence-corrected chi connectivity index (χ4v) is 1.98. The lowest BCUT2D eigenvalue weighted by atomic mass is 10.1. The summed E-state index contributed by atoms with van der Waals surface area (Å²) in [6.07, 6.45) is 1.87. The molecule has 98 valence electrons. The molecule has 1 fully saturated rings. The van der Waals surface area contributed by atoms with Crippen molar-refractivity contribution in [1.82, 2.24) is 9.47 Å². The van der Waals surface area contributed by atoms with E-state index in [4.69, 9.17) is 4.74 Å². The lowest BCUT2D eigenvalue weighted by Crippen LogP contribution is -2.50. The SMILES string of the molecule is Cn1cccc/c1=N\C(=O)N1CCOC(C)(C)C1. The number of carbonyl (C=O) groups is 1. The zero-order chi connectivity index (χ0) is 13.2. The Morgan fingerprint density at radius 3 is 2.89 bits per heavy atom. The van der Waals surface area contributed by atoms with Gasteiger partial charge >= 0.3 is 6.03 Å². The monoisotopic (exact) mass is 249 g/mol. The van der Waals surface area contributed by atoms with Crippen molar-refractivity contribution in [3.8, 4) is 0 Å². The van der Waals surface area contributed by atoms with Crippen LogP contribution in [0.25, 0.3) is 0 Å². The van der Waals surface area contributed by atoms with Crippen LogP contribution < -0.4 is 5.49 Å². The first-order chi connectivity index (χ1) is 8.48. The van der Waals surface area contributed by atoms with E-state index in [-0.39, 0.29) is 11.6 Å². The third kappa shape index (κ3) is 2.98. The Labute approximate surface area is 107 Å². The molecule has 1 aliphatic heterocycles. The number of carbonyl (C=O) groups excluding carboxylic acids is 1. The molecule has 2 heterocycles. The van der Waals surface area contributed by atoms with Crippen LogP contribution in [0.3, 0.4) is 0 Å². The van der Waals surface area contributed by atoms with Crippen molar-refractivity contribution in [3.63, 3.8) is 0 Å². The fourth-order valence-electron chi connectivity index (χ4n) is 1.98. The molecule has 0 bridgehead atoms. The van der Waals surface area contributed by atoms with Crippen molar-refractivity contribution in [3.05, 3.63) is 29.9 Å². The van der Waals surface area contributed by atoms with Crippen LogP contribution in [0.15, 0.2) is 29.4 Å². The Morgan fingerprint density at radius 1 is 1.44 bits per heavy atom. The maximum absolute atomic E-state index is 12.1. The van der Waals surface area contributed by atoms with Gasteiger partial charge in [0.05, 0.1) is 18.8 Å². The van der Waals surface area contributed by atoms with Gasteiger partial charge in [0.2, 0.25) is 0 Å². The van der Waals surface area contributed by atoms with E-state index in [1.165, 1.54) is 0 Å². The maximum atomic E-state index is 12.1. The highest BCUT2D eigenvalue weighted by Gasteiger charge is 2.29. The molecular weight excluding hydrogens is 230 g/mol. The van der Waals surface area contributed by atoms with E-state index in [0.717, 1.165) is 0 Å². The van der Waals surface area contributed by atoms with E-state index in [1.54, 1.807) is 4.90 Å². The average Bonchev–Trinajstić information content (AvgIpc) is 2.31. The van der Waals surface area contributed by atoms with Crippen LogP contribution >= 0.6 is 0 Å². The Morgan fingerprint density at radius 2 is 2.22 bits per heavy atom. The lowest BCUT2D eigenvalue weighted by Gasteiger charge is -2.37. The largest absolute Gasteiger partial charge is 0.372 e. The molecule has 1 aromatic rings. The minimum Gasteiger partial charge on any atom is -0.372 e. The fraction of sp³-hybridized carbons (Fsp3) is 0.538. The Balaban J connectivity index is 2.18. The summed E-state index contributed by atoms with van der Waals surface area (Å²) in [5.74, 6) is 0. The highest BCUT2D eigenvalue weighted by molar-refractivity contribution is 5.75. The number of nitrogens with zero attached hydrogens (tertiary/aromatic N) is 3. The Kier molecular flexibility index (Phi) is 3.52. The molecule has 0 aromatic carbocycles. The van der Waals surface area contributed by atoms with Gasteiger partial charge in [0.25, 0.3) is 0 Å². The second kappa shape index (κ2) is 4.94.